The molecule has 0 saturated heterocycles. The SMILES string of the molecule is CC(O)(Cc1ccc(F)c(Br)c1)c1cc(F)c(Cl)cc1Cl. The second kappa shape index (κ2) is 6.21. The van der Waals surface area contributed by atoms with Crippen molar-refractivity contribution in [2.45, 2.75) is 18.9 Å². The maximum atomic E-state index is 13.6. The second-order valence-corrected chi connectivity index (χ2v) is 6.61. The Kier molecular flexibility index (Phi) is 4.93. The van der Waals surface area contributed by atoms with Crippen LogP contribution in [-0.4, -0.2) is 5.11 Å². The summed E-state index contributed by atoms with van der Waals surface area (Å²) in [5.41, 5.74) is -0.508. The normalized spacial score (nSPS) is 14.0. The molecule has 0 aliphatic carbocycles. The van der Waals surface area contributed by atoms with Gasteiger partial charge in [0.05, 0.1) is 15.1 Å². The van der Waals surface area contributed by atoms with Crippen LogP contribution in [-0.2, 0) is 12.0 Å². The third-order valence-corrected chi connectivity index (χ3v) is 4.33. The van der Waals surface area contributed by atoms with Crippen LogP contribution >= 0.6 is 39.1 Å². The fourth-order valence-corrected chi connectivity index (χ4v) is 3.09. The van der Waals surface area contributed by atoms with E-state index < -0.39 is 17.2 Å². The molecule has 1 nitrogen and oxygen atoms in total. The first kappa shape index (κ1) is 16.7. The molecule has 1 atom stereocenters. The molecule has 112 valence electrons. The summed E-state index contributed by atoms with van der Waals surface area (Å²) in [5, 5.41) is 10.7. The summed E-state index contributed by atoms with van der Waals surface area (Å²) in [6.45, 7) is 1.51. The number of aliphatic hydroxyl groups is 1. The minimum absolute atomic E-state index is 0.107. The molecule has 2 aromatic carbocycles. The van der Waals surface area contributed by atoms with E-state index in [9.17, 15) is 13.9 Å². The molecular weight excluding hydrogens is 385 g/mol. The Morgan fingerprint density at radius 2 is 1.76 bits per heavy atom. The summed E-state index contributed by atoms with van der Waals surface area (Å²) in [4.78, 5) is 0. The van der Waals surface area contributed by atoms with Crippen LogP contribution in [0, 0.1) is 11.6 Å². The van der Waals surface area contributed by atoms with Gasteiger partial charge in [0.15, 0.2) is 0 Å². The van der Waals surface area contributed by atoms with Gasteiger partial charge in [0, 0.05) is 17.0 Å². The highest BCUT2D eigenvalue weighted by Gasteiger charge is 2.27. The summed E-state index contributed by atoms with van der Waals surface area (Å²) in [5.74, 6) is -1.05. The monoisotopic (exact) mass is 394 g/mol. The number of rotatable bonds is 3. The van der Waals surface area contributed by atoms with Crippen LogP contribution in [0.4, 0.5) is 8.78 Å². The molecule has 0 aliphatic heterocycles. The van der Waals surface area contributed by atoms with Crippen molar-refractivity contribution in [2.75, 3.05) is 0 Å². The smallest absolute Gasteiger partial charge is 0.142 e. The van der Waals surface area contributed by atoms with E-state index in [1.54, 1.807) is 12.1 Å². The van der Waals surface area contributed by atoms with Crippen LogP contribution in [0.3, 0.4) is 0 Å². The molecule has 21 heavy (non-hydrogen) atoms. The minimum atomic E-state index is -1.42. The Bertz CT molecular complexity index is 690. The number of benzene rings is 2. The molecule has 0 heterocycles. The molecule has 0 saturated carbocycles. The molecule has 2 aromatic rings. The van der Waals surface area contributed by atoms with Crippen molar-refractivity contribution in [1.29, 1.82) is 0 Å². The Morgan fingerprint density at radius 3 is 2.38 bits per heavy atom. The van der Waals surface area contributed by atoms with Crippen molar-refractivity contribution in [3.05, 3.63) is 67.6 Å². The van der Waals surface area contributed by atoms with Crippen LogP contribution < -0.4 is 0 Å². The van der Waals surface area contributed by atoms with Crippen molar-refractivity contribution in [1.82, 2.24) is 0 Å². The summed E-state index contributed by atoms with van der Waals surface area (Å²) in [7, 11) is 0. The highest BCUT2D eigenvalue weighted by Crippen LogP contribution is 2.34. The predicted molar refractivity (Wildman–Crippen MR) is 83.8 cm³/mol. The molecule has 0 aromatic heterocycles. The van der Waals surface area contributed by atoms with Gasteiger partial charge in [-0.3, -0.25) is 0 Å². The van der Waals surface area contributed by atoms with Gasteiger partial charge in [-0.15, -0.1) is 0 Å². The molecule has 1 N–H and O–H groups in total. The average Bonchev–Trinajstić information content (AvgIpc) is 2.37. The Hall–Kier alpha value is -0.680. The average molecular weight is 396 g/mol. The van der Waals surface area contributed by atoms with Gasteiger partial charge in [0.1, 0.15) is 11.6 Å². The van der Waals surface area contributed by atoms with Gasteiger partial charge in [-0.05, 0) is 52.7 Å². The molecule has 2 rings (SSSR count). The highest BCUT2D eigenvalue weighted by atomic mass is 79.9. The van der Waals surface area contributed by atoms with Gasteiger partial charge in [-0.25, -0.2) is 8.78 Å². The first-order chi connectivity index (χ1) is 9.70. The standard InChI is InChI=1S/C15H11BrCl2F2O/c1-15(21,7-8-2-3-13(19)10(16)4-8)9-5-14(20)12(18)6-11(9)17/h2-6,21H,7H2,1H3. The summed E-state index contributed by atoms with van der Waals surface area (Å²) in [6.07, 6.45) is 0.146. The number of hydrogen-bond donors (Lipinski definition) is 1. The topological polar surface area (TPSA) is 20.2 Å². The van der Waals surface area contributed by atoms with Crippen LogP contribution in [0.1, 0.15) is 18.1 Å². The van der Waals surface area contributed by atoms with E-state index in [0.717, 1.165) is 6.07 Å². The fourth-order valence-electron chi connectivity index (χ4n) is 2.08. The third kappa shape index (κ3) is 3.75. The van der Waals surface area contributed by atoms with Gasteiger partial charge in [-0.2, -0.15) is 0 Å². The Labute approximate surface area is 139 Å². The lowest BCUT2D eigenvalue weighted by Gasteiger charge is -2.25. The fraction of sp³-hybridized carbons (Fsp3) is 0.200. The quantitative estimate of drug-likeness (QED) is 0.681. The lowest BCUT2D eigenvalue weighted by molar-refractivity contribution is 0.0574. The highest BCUT2D eigenvalue weighted by molar-refractivity contribution is 9.10. The third-order valence-electron chi connectivity index (χ3n) is 3.12. The van der Waals surface area contributed by atoms with E-state index in [1.165, 1.54) is 19.1 Å². The summed E-state index contributed by atoms with van der Waals surface area (Å²) < 4.78 is 27.1. The zero-order valence-corrected chi connectivity index (χ0v) is 14.0. The van der Waals surface area contributed by atoms with E-state index >= 15 is 0 Å². The van der Waals surface area contributed by atoms with Crippen molar-refractivity contribution in [3.63, 3.8) is 0 Å². The molecule has 0 amide bonds. The van der Waals surface area contributed by atoms with E-state index in [1.807, 2.05) is 0 Å². The molecule has 6 heteroatoms. The van der Waals surface area contributed by atoms with Gasteiger partial charge in [-0.1, -0.05) is 29.3 Å². The largest absolute Gasteiger partial charge is 0.385 e. The minimum Gasteiger partial charge on any atom is -0.385 e. The molecule has 0 fully saturated rings. The van der Waals surface area contributed by atoms with Gasteiger partial charge in [0.2, 0.25) is 0 Å². The van der Waals surface area contributed by atoms with Gasteiger partial charge >= 0.3 is 0 Å². The van der Waals surface area contributed by atoms with Gasteiger partial charge < -0.3 is 5.11 Å². The van der Waals surface area contributed by atoms with E-state index in [-0.39, 0.29) is 22.0 Å². The van der Waals surface area contributed by atoms with Crippen molar-refractivity contribution in [3.8, 4) is 0 Å². The van der Waals surface area contributed by atoms with Crippen LogP contribution in [0.15, 0.2) is 34.8 Å². The van der Waals surface area contributed by atoms with Crippen LogP contribution in [0.2, 0.25) is 10.0 Å². The lowest BCUT2D eigenvalue weighted by atomic mass is 9.89. The molecular formula is C15H11BrCl2F2O. The lowest BCUT2D eigenvalue weighted by Crippen LogP contribution is -2.25. The van der Waals surface area contributed by atoms with E-state index in [0.29, 0.717) is 10.0 Å². The number of halogens is 5. The maximum absolute atomic E-state index is 13.6. The van der Waals surface area contributed by atoms with Crippen molar-refractivity contribution >= 4 is 39.1 Å². The Morgan fingerprint density at radius 1 is 1.10 bits per heavy atom. The number of hydrogen-bond acceptors (Lipinski definition) is 1. The molecule has 1 unspecified atom stereocenters. The second-order valence-electron chi connectivity index (χ2n) is 4.95. The molecule has 0 bridgehead atoms. The molecule has 0 aliphatic rings. The van der Waals surface area contributed by atoms with Gasteiger partial charge in [0.25, 0.3) is 0 Å². The van der Waals surface area contributed by atoms with Crippen LogP contribution in [0.25, 0.3) is 0 Å². The van der Waals surface area contributed by atoms with E-state index in [4.69, 9.17) is 23.2 Å². The van der Waals surface area contributed by atoms with Crippen LogP contribution in [0.5, 0.6) is 0 Å². The summed E-state index contributed by atoms with van der Waals surface area (Å²) in [6, 6.07) is 6.77. The summed E-state index contributed by atoms with van der Waals surface area (Å²) >= 11 is 14.8. The first-order valence-corrected chi connectivity index (χ1v) is 7.57. The maximum Gasteiger partial charge on any atom is 0.142 e. The van der Waals surface area contributed by atoms with Crippen molar-refractivity contribution in [2.24, 2.45) is 0 Å². The molecule has 0 radical (unpaired) electrons. The predicted octanol–water partition coefficient (Wildman–Crippen LogP) is 5.48. The van der Waals surface area contributed by atoms with E-state index in [2.05, 4.69) is 15.9 Å². The Balaban J connectivity index is 2.37. The van der Waals surface area contributed by atoms with Crippen molar-refractivity contribution < 1.29 is 13.9 Å². The molecule has 0 spiro atoms. The zero-order chi connectivity index (χ0) is 15.8. The zero-order valence-electron chi connectivity index (χ0n) is 10.9. The first-order valence-electron chi connectivity index (χ1n) is 6.02.